The number of carbonyl (C=O) groups is 1. The van der Waals surface area contributed by atoms with Crippen LogP contribution in [-0.4, -0.2) is 17.6 Å². The summed E-state index contributed by atoms with van der Waals surface area (Å²) in [5.41, 5.74) is -1.14. The number of halogens is 3. The third-order valence-electron chi connectivity index (χ3n) is 3.38. The molecule has 0 unspecified atom stereocenters. The van der Waals surface area contributed by atoms with Gasteiger partial charge in [0, 0.05) is 17.0 Å². The molecule has 1 aromatic rings. The first-order valence-corrected chi connectivity index (χ1v) is 6.29. The number of amides is 1. The van der Waals surface area contributed by atoms with Crippen LogP contribution in [0.2, 0.25) is 0 Å². The Labute approximate surface area is 115 Å². The molecule has 20 heavy (non-hydrogen) atoms. The highest BCUT2D eigenvalue weighted by atomic mass is 19.2. The maximum atomic E-state index is 13.6. The van der Waals surface area contributed by atoms with Crippen molar-refractivity contribution in [3.8, 4) is 0 Å². The number of aliphatic hydroxyl groups is 1. The molecule has 0 aliphatic rings. The molecule has 6 heteroatoms. The fourth-order valence-electron chi connectivity index (χ4n) is 1.57. The second-order valence-electron chi connectivity index (χ2n) is 5.24. The van der Waals surface area contributed by atoms with Gasteiger partial charge in [0.1, 0.15) is 5.82 Å². The van der Waals surface area contributed by atoms with Gasteiger partial charge in [-0.2, -0.15) is 0 Å². The van der Waals surface area contributed by atoms with Crippen LogP contribution in [0.25, 0.3) is 0 Å². The molecule has 0 saturated carbocycles. The first kappa shape index (κ1) is 16.5. The van der Waals surface area contributed by atoms with E-state index in [2.05, 4.69) is 5.32 Å². The Hall–Kier alpha value is -1.56. The van der Waals surface area contributed by atoms with Gasteiger partial charge in [0.2, 0.25) is 5.91 Å². The molecule has 0 heterocycles. The van der Waals surface area contributed by atoms with E-state index in [1.54, 1.807) is 20.8 Å². The minimum Gasteiger partial charge on any atom is -0.394 e. The van der Waals surface area contributed by atoms with E-state index in [0.29, 0.717) is 12.5 Å². The monoisotopic (exact) mass is 289 g/mol. The third kappa shape index (κ3) is 3.50. The van der Waals surface area contributed by atoms with E-state index in [9.17, 15) is 23.1 Å². The van der Waals surface area contributed by atoms with E-state index in [-0.39, 0.29) is 0 Å². The first-order chi connectivity index (χ1) is 9.22. The van der Waals surface area contributed by atoms with E-state index < -0.39 is 47.0 Å². The SMILES string of the molecule is CCC(C)(C)C(=O)N[C@@H](CO)c1cc(F)cc(F)c1F. The maximum Gasteiger partial charge on any atom is 0.226 e. The van der Waals surface area contributed by atoms with Gasteiger partial charge in [-0.3, -0.25) is 4.79 Å². The molecule has 1 amide bonds. The zero-order valence-corrected chi connectivity index (χ0v) is 11.6. The van der Waals surface area contributed by atoms with E-state index >= 15 is 0 Å². The Balaban J connectivity index is 3.06. The number of benzene rings is 1. The molecule has 0 aromatic heterocycles. The van der Waals surface area contributed by atoms with Crippen molar-refractivity contribution in [1.29, 1.82) is 0 Å². The Morgan fingerprint density at radius 1 is 1.35 bits per heavy atom. The van der Waals surface area contributed by atoms with Crippen LogP contribution < -0.4 is 5.32 Å². The van der Waals surface area contributed by atoms with Crippen molar-refractivity contribution in [2.24, 2.45) is 5.41 Å². The molecule has 2 N–H and O–H groups in total. The van der Waals surface area contributed by atoms with Gasteiger partial charge in [0.15, 0.2) is 11.6 Å². The molecule has 112 valence electrons. The van der Waals surface area contributed by atoms with Crippen molar-refractivity contribution in [2.45, 2.75) is 33.2 Å². The lowest BCUT2D eigenvalue weighted by molar-refractivity contribution is -0.130. The van der Waals surface area contributed by atoms with Crippen molar-refractivity contribution in [3.05, 3.63) is 35.1 Å². The number of rotatable bonds is 5. The van der Waals surface area contributed by atoms with Crippen LogP contribution in [0, 0.1) is 22.9 Å². The Kier molecular flexibility index (Phi) is 5.16. The maximum absolute atomic E-state index is 13.6. The average Bonchev–Trinajstić information content (AvgIpc) is 2.39. The number of hydrogen-bond acceptors (Lipinski definition) is 2. The highest BCUT2D eigenvalue weighted by Gasteiger charge is 2.29. The second-order valence-corrected chi connectivity index (χ2v) is 5.24. The van der Waals surface area contributed by atoms with E-state index in [0.717, 1.165) is 6.07 Å². The highest BCUT2D eigenvalue weighted by molar-refractivity contribution is 5.82. The summed E-state index contributed by atoms with van der Waals surface area (Å²) >= 11 is 0. The van der Waals surface area contributed by atoms with Crippen molar-refractivity contribution in [1.82, 2.24) is 5.32 Å². The molecule has 1 aromatic carbocycles. The molecule has 0 bridgehead atoms. The molecule has 3 nitrogen and oxygen atoms in total. The van der Waals surface area contributed by atoms with Gasteiger partial charge in [-0.05, 0) is 12.5 Å². The van der Waals surface area contributed by atoms with Crippen molar-refractivity contribution < 1.29 is 23.1 Å². The molecule has 0 radical (unpaired) electrons. The van der Waals surface area contributed by atoms with Crippen LogP contribution in [-0.2, 0) is 4.79 Å². The minimum absolute atomic E-state index is 0.408. The second kappa shape index (κ2) is 6.26. The van der Waals surface area contributed by atoms with Crippen LogP contribution in [0.15, 0.2) is 12.1 Å². The lowest BCUT2D eigenvalue weighted by Crippen LogP contribution is -2.40. The summed E-state index contributed by atoms with van der Waals surface area (Å²) in [5, 5.41) is 11.7. The van der Waals surface area contributed by atoms with E-state index in [4.69, 9.17) is 0 Å². The van der Waals surface area contributed by atoms with Crippen molar-refractivity contribution in [3.63, 3.8) is 0 Å². The van der Waals surface area contributed by atoms with Gasteiger partial charge < -0.3 is 10.4 Å². The lowest BCUT2D eigenvalue weighted by Gasteiger charge is -2.26. The smallest absolute Gasteiger partial charge is 0.226 e. The first-order valence-electron chi connectivity index (χ1n) is 6.29. The normalized spacial score (nSPS) is 13.2. The van der Waals surface area contributed by atoms with E-state index in [1.807, 2.05) is 0 Å². The fraction of sp³-hybridized carbons (Fsp3) is 0.500. The zero-order valence-electron chi connectivity index (χ0n) is 11.6. The summed E-state index contributed by atoms with van der Waals surface area (Å²) in [5.74, 6) is -4.04. The average molecular weight is 289 g/mol. The fourth-order valence-corrected chi connectivity index (χ4v) is 1.57. The largest absolute Gasteiger partial charge is 0.394 e. The number of aliphatic hydroxyl groups excluding tert-OH is 1. The highest BCUT2D eigenvalue weighted by Crippen LogP contribution is 2.24. The molecule has 0 fully saturated rings. The van der Waals surface area contributed by atoms with Gasteiger partial charge in [0.25, 0.3) is 0 Å². The van der Waals surface area contributed by atoms with E-state index in [1.165, 1.54) is 0 Å². The molecule has 1 rings (SSSR count). The summed E-state index contributed by atoms with van der Waals surface area (Å²) in [6, 6.07) is -0.0256. The summed E-state index contributed by atoms with van der Waals surface area (Å²) in [6.45, 7) is 4.50. The van der Waals surface area contributed by atoms with Gasteiger partial charge in [-0.1, -0.05) is 20.8 Å². The molecule has 1 atom stereocenters. The van der Waals surface area contributed by atoms with Crippen LogP contribution in [0.4, 0.5) is 13.2 Å². The summed E-state index contributed by atoms with van der Waals surface area (Å²) in [4.78, 5) is 12.0. The molecule has 0 aliphatic heterocycles. The molecular formula is C14H18F3NO2. The minimum atomic E-state index is -1.36. The number of hydrogen-bond donors (Lipinski definition) is 2. The topological polar surface area (TPSA) is 49.3 Å². The number of nitrogens with one attached hydrogen (secondary N) is 1. The zero-order chi connectivity index (χ0) is 15.5. The summed E-state index contributed by atoms with van der Waals surface area (Å²) < 4.78 is 39.9. The standard InChI is InChI=1S/C14H18F3NO2/c1-4-14(2,3)13(20)18-11(7-19)9-5-8(15)6-10(16)12(9)17/h5-6,11,19H,4,7H2,1-3H3,(H,18,20)/t11-/m0/s1. The lowest BCUT2D eigenvalue weighted by atomic mass is 9.88. The van der Waals surface area contributed by atoms with Crippen LogP contribution >= 0.6 is 0 Å². The Morgan fingerprint density at radius 3 is 2.45 bits per heavy atom. The van der Waals surface area contributed by atoms with Gasteiger partial charge in [-0.15, -0.1) is 0 Å². The Bertz CT molecular complexity index is 503. The summed E-state index contributed by atoms with van der Waals surface area (Å²) in [7, 11) is 0. The summed E-state index contributed by atoms with van der Waals surface area (Å²) in [6.07, 6.45) is 0.525. The van der Waals surface area contributed by atoms with Crippen LogP contribution in [0.1, 0.15) is 38.8 Å². The van der Waals surface area contributed by atoms with Crippen molar-refractivity contribution in [2.75, 3.05) is 6.61 Å². The molecule has 0 saturated heterocycles. The quantitative estimate of drug-likeness (QED) is 0.819. The predicted octanol–water partition coefficient (Wildman–Crippen LogP) is 2.69. The van der Waals surface area contributed by atoms with Crippen LogP contribution in [0.3, 0.4) is 0 Å². The third-order valence-corrected chi connectivity index (χ3v) is 3.38. The Morgan fingerprint density at radius 2 is 1.95 bits per heavy atom. The van der Waals surface area contributed by atoms with Gasteiger partial charge in [0.05, 0.1) is 12.6 Å². The van der Waals surface area contributed by atoms with Gasteiger partial charge in [-0.25, -0.2) is 13.2 Å². The number of carbonyl (C=O) groups excluding carboxylic acids is 1. The molecule has 0 spiro atoms. The van der Waals surface area contributed by atoms with Crippen LogP contribution in [0.5, 0.6) is 0 Å². The molecular weight excluding hydrogens is 271 g/mol. The molecule has 0 aliphatic carbocycles. The van der Waals surface area contributed by atoms with Gasteiger partial charge >= 0.3 is 0 Å². The predicted molar refractivity (Wildman–Crippen MR) is 68.4 cm³/mol. The van der Waals surface area contributed by atoms with Crippen molar-refractivity contribution >= 4 is 5.91 Å².